The van der Waals surface area contributed by atoms with Gasteiger partial charge in [0.05, 0.1) is 12.7 Å². The summed E-state index contributed by atoms with van der Waals surface area (Å²) in [5.74, 6) is 0. The number of aromatic nitrogens is 2. The van der Waals surface area contributed by atoms with Crippen LogP contribution >= 0.6 is 0 Å². The Hall–Kier alpha value is -5.66. The quantitative estimate of drug-likeness (QED) is 0.0688. The molecule has 2 atom stereocenters. The Kier molecular flexibility index (Phi) is 12.1. The molecule has 0 saturated carbocycles. The third-order valence-corrected chi connectivity index (χ3v) is 12.5. The third kappa shape index (κ3) is 8.96. The van der Waals surface area contributed by atoms with Crippen molar-refractivity contribution in [3.63, 3.8) is 0 Å². The fraction of sp³-hybridized carbons (Fsp3) is 0.227. The number of fused-ring (bicyclic) bond motifs is 4. The third-order valence-electron chi connectivity index (χ3n) is 11.4. The van der Waals surface area contributed by atoms with Crippen LogP contribution in [0.3, 0.4) is 0 Å². The van der Waals surface area contributed by atoms with Crippen LogP contribution in [0.25, 0.3) is 34.0 Å². The lowest BCUT2D eigenvalue weighted by atomic mass is 9.67. The smallest absolute Gasteiger partial charge is 0.522 e. The number of para-hydroxylation sites is 2. The Balaban J connectivity index is 0.000000309. The summed E-state index contributed by atoms with van der Waals surface area (Å²) in [6.45, 7) is 1.12. The summed E-state index contributed by atoms with van der Waals surface area (Å²) in [5, 5.41) is 6.13. The first-order valence-corrected chi connectivity index (χ1v) is 22.2. The van der Waals surface area contributed by atoms with Crippen molar-refractivity contribution in [2.75, 3.05) is 6.54 Å². The van der Waals surface area contributed by atoms with E-state index in [9.17, 15) is 26.3 Å². The summed E-state index contributed by atoms with van der Waals surface area (Å²) in [6.07, 6.45) is 39.5. The molecule has 326 valence electrons. The highest BCUT2D eigenvalue weighted by atomic mass is 32.2. The molecule has 62 heavy (non-hydrogen) atoms. The Morgan fingerprint density at radius 3 is 1.94 bits per heavy atom. The van der Waals surface area contributed by atoms with Crippen LogP contribution < -0.4 is 5.32 Å². The molecule has 0 amide bonds. The van der Waals surface area contributed by atoms with E-state index in [1.165, 1.54) is 68.1 Å². The molecular formula is C44H40F6N4O6S2. The van der Waals surface area contributed by atoms with Gasteiger partial charge in [0.15, 0.2) is 15.7 Å². The minimum atomic E-state index is -6.09. The standard InChI is InChI=1S/C42H39N4.2CHF3O3S/c1-3-11-39-36(9-1)34(26-44-39)15-13-30-19-21-42-20-5-6-22-46(42,29-30)23-7-8-32-17-18-33-24-31(25-43-28-38(33)41(32)42)14-16-35-27-45-40-12-4-2-10-37(35)40;2*2-1(3,4)8(5,6)7/h1-4,7,9-16,19,21,23-29,43-45H,5-6,8,17-18,20,22H2;2*(H,5,6,7)/q+1;;/p-1/b15-13+,16-14+;;. The van der Waals surface area contributed by atoms with Gasteiger partial charge in [-0.3, -0.25) is 9.04 Å². The summed E-state index contributed by atoms with van der Waals surface area (Å²) < 4.78 is 117. The maximum absolute atomic E-state index is 10.7. The average molecular weight is 899 g/mol. The number of H-pyrrole nitrogens is 2. The van der Waals surface area contributed by atoms with Crippen LogP contribution in [-0.2, 0) is 20.2 Å². The molecule has 2 aromatic carbocycles. The number of aromatic amines is 2. The molecular weight excluding hydrogens is 859 g/mol. The largest absolute Gasteiger partial charge is 0.741 e. The summed E-state index contributed by atoms with van der Waals surface area (Å²) in [7, 11) is -11.9. The van der Waals surface area contributed by atoms with Crippen LogP contribution in [0, 0.1) is 0 Å². The van der Waals surface area contributed by atoms with E-state index in [0.29, 0.717) is 0 Å². The van der Waals surface area contributed by atoms with Gasteiger partial charge in [0.25, 0.3) is 0 Å². The molecule has 2 unspecified atom stereocenters. The molecule has 0 spiro atoms. The summed E-state index contributed by atoms with van der Waals surface area (Å²) in [4.78, 5) is 6.83. The molecule has 1 aliphatic carbocycles. The fourth-order valence-corrected chi connectivity index (χ4v) is 8.62. The number of alkyl halides is 6. The van der Waals surface area contributed by atoms with Crippen molar-refractivity contribution < 1.29 is 56.8 Å². The van der Waals surface area contributed by atoms with Crippen molar-refractivity contribution >= 4 is 54.2 Å². The van der Waals surface area contributed by atoms with Crippen molar-refractivity contribution in [1.82, 2.24) is 15.3 Å². The van der Waals surface area contributed by atoms with E-state index in [4.69, 9.17) is 25.9 Å². The lowest BCUT2D eigenvalue weighted by Crippen LogP contribution is -2.62. The number of nitrogens with one attached hydrogen (secondary N) is 3. The van der Waals surface area contributed by atoms with Gasteiger partial charge >= 0.3 is 21.1 Å². The van der Waals surface area contributed by atoms with Crippen LogP contribution in [0.1, 0.15) is 49.7 Å². The molecule has 6 heterocycles. The van der Waals surface area contributed by atoms with E-state index in [-0.39, 0.29) is 5.54 Å². The molecule has 2 aromatic heterocycles. The van der Waals surface area contributed by atoms with E-state index in [1.807, 2.05) is 0 Å². The molecule has 4 N–H and O–H groups in total. The van der Waals surface area contributed by atoms with Gasteiger partial charge in [0.1, 0.15) is 6.20 Å². The van der Waals surface area contributed by atoms with Crippen LogP contribution in [-0.4, -0.2) is 63.5 Å². The summed E-state index contributed by atoms with van der Waals surface area (Å²) in [6, 6.07) is 17.0. The number of benzene rings is 2. The predicted octanol–water partition coefficient (Wildman–Crippen LogP) is 10.3. The molecule has 1 fully saturated rings. The van der Waals surface area contributed by atoms with E-state index in [1.54, 1.807) is 11.1 Å². The van der Waals surface area contributed by atoms with Crippen molar-refractivity contribution in [1.29, 1.82) is 0 Å². The van der Waals surface area contributed by atoms with E-state index in [2.05, 4.69) is 150 Å². The van der Waals surface area contributed by atoms with E-state index >= 15 is 0 Å². The van der Waals surface area contributed by atoms with Crippen LogP contribution in [0.2, 0.25) is 0 Å². The molecule has 0 bridgehead atoms. The Morgan fingerprint density at radius 1 is 0.774 bits per heavy atom. The molecule has 5 aliphatic rings. The first kappa shape index (κ1) is 44.4. The molecule has 1 saturated heterocycles. The fourth-order valence-electron chi connectivity index (χ4n) is 8.62. The molecule has 10 nitrogen and oxygen atoms in total. The first-order chi connectivity index (χ1) is 29.2. The second-order valence-corrected chi connectivity index (χ2v) is 18.0. The van der Waals surface area contributed by atoms with Gasteiger partial charge < -0.3 is 19.8 Å². The van der Waals surface area contributed by atoms with E-state index in [0.717, 1.165) is 36.7 Å². The zero-order valence-corrected chi connectivity index (χ0v) is 34.3. The molecule has 9 rings (SSSR count). The Labute approximate surface area is 353 Å². The lowest BCUT2D eigenvalue weighted by Gasteiger charge is -2.54. The van der Waals surface area contributed by atoms with Crippen LogP contribution in [0.5, 0.6) is 0 Å². The first-order valence-electron chi connectivity index (χ1n) is 19.3. The van der Waals surface area contributed by atoms with Gasteiger partial charge in [-0.25, -0.2) is 8.42 Å². The Morgan fingerprint density at radius 2 is 1.35 bits per heavy atom. The molecule has 18 heteroatoms. The zero-order chi connectivity index (χ0) is 44.6. The highest BCUT2D eigenvalue weighted by Crippen LogP contribution is 2.54. The minimum absolute atomic E-state index is 0.0872. The Bertz CT molecular complexity index is 2870. The van der Waals surface area contributed by atoms with Gasteiger partial charge in [0.2, 0.25) is 0 Å². The van der Waals surface area contributed by atoms with Crippen molar-refractivity contribution in [3.05, 3.63) is 167 Å². The van der Waals surface area contributed by atoms with Gasteiger partial charge in [-0.15, -0.1) is 0 Å². The average Bonchev–Trinajstić information content (AvgIpc) is 3.71. The number of piperidine rings is 1. The number of halogens is 6. The number of rotatable bonds is 4. The SMILES string of the molecule is C1=C[N+]23C=C(/C=C/c4c[nH]c5ccccc45)C=CC2(CCCC3)C2=C(C1)CCC1=CC(/C=C/c3c[nH]c4ccccc34)=CNC=C12.O=S(=O)(O)C(F)(F)F.O=S(=O)([O-])C(F)(F)F. The van der Waals surface area contributed by atoms with Gasteiger partial charge in [-0.05, 0) is 96.9 Å². The van der Waals surface area contributed by atoms with E-state index < -0.39 is 31.3 Å². The van der Waals surface area contributed by atoms with Crippen molar-refractivity contribution in [2.45, 2.75) is 55.1 Å². The van der Waals surface area contributed by atoms with Crippen LogP contribution in [0.15, 0.2) is 156 Å². The van der Waals surface area contributed by atoms with Gasteiger partial charge in [0, 0.05) is 69.7 Å². The maximum Gasteiger partial charge on any atom is 0.522 e. The summed E-state index contributed by atoms with van der Waals surface area (Å²) >= 11 is 0. The van der Waals surface area contributed by atoms with Crippen molar-refractivity contribution in [2.24, 2.45) is 0 Å². The van der Waals surface area contributed by atoms with Crippen LogP contribution in [0.4, 0.5) is 26.3 Å². The minimum Gasteiger partial charge on any atom is -0.741 e. The van der Waals surface area contributed by atoms with Gasteiger partial charge in [-0.1, -0.05) is 60.2 Å². The monoisotopic (exact) mass is 898 g/mol. The highest BCUT2D eigenvalue weighted by molar-refractivity contribution is 7.86. The second kappa shape index (κ2) is 16.9. The normalized spacial score (nSPS) is 22.6. The molecule has 4 aliphatic heterocycles. The number of quaternary nitrogens is 1. The number of nitrogens with zero attached hydrogens (tertiary/aromatic N) is 1. The lowest BCUT2D eigenvalue weighted by molar-refractivity contribution is -0.876. The number of allylic oxidation sites excluding steroid dienone is 9. The predicted molar refractivity (Wildman–Crippen MR) is 224 cm³/mol. The second-order valence-electron chi connectivity index (χ2n) is 15.2. The molecule has 4 aromatic rings. The number of hydrogen-bond donors (Lipinski definition) is 4. The molecule has 0 radical (unpaired) electrons. The van der Waals surface area contributed by atoms with Gasteiger partial charge in [-0.2, -0.15) is 34.8 Å². The highest BCUT2D eigenvalue weighted by Gasteiger charge is 2.56. The topological polar surface area (TPSA) is 155 Å². The van der Waals surface area contributed by atoms with Crippen molar-refractivity contribution in [3.8, 4) is 0 Å². The number of hydrogen-bond acceptors (Lipinski definition) is 6. The zero-order valence-electron chi connectivity index (χ0n) is 32.7. The summed E-state index contributed by atoms with van der Waals surface area (Å²) in [5.41, 5.74) is 2.03. The maximum atomic E-state index is 10.7.